The number of hydrogen-bond donors (Lipinski definition) is 2. The molecule has 0 atom stereocenters. The minimum atomic E-state index is -0.415. The zero-order valence-corrected chi connectivity index (χ0v) is 10.8. The van der Waals surface area contributed by atoms with Crippen LogP contribution in [0.2, 0.25) is 0 Å². The van der Waals surface area contributed by atoms with Crippen molar-refractivity contribution in [3.8, 4) is 0 Å². The maximum absolute atomic E-state index is 11.2. The zero-order valence-electron chi connectivity index (χ0n) is 9.97. The number of benzene rings is 1. The van der Waals surface area contributed by atoms with Crippen LogP contribution in [0.4, 0.5) is 0 Å². The number of thioether (sulfide) groups is 1. The smallest absolute Gasteiger partial charge is 0.300 e. The van der Waals surface area contributed by atoms with E-state index in [2.05, 4.69) is 19.1 Å². The molecule has 2 rings (SSSR count). The molecule has 0 aliphatic rings. The Balaban J connectivity index is 1.98. The van der Waals surface area contributed by atoms with Crippen LogP contribution in [0.25, 0.3) is 0 Å². The maximum atomic E-state index is 11.2. The van der Waals surface area contributed by atoms with Crippen LogP contribution in [-0.4, -0.2) is 5.91 Å². The highest BCUT2D eigenvalue weighted by molar-refractivity contribution is 7.98. The molecule has 1 amide bonds. The molecule has 5 heteroatoms. The van der Waals surface area contributed by atoms with Gasteiger partial charge in [0.15, 0.2) is 5.76 Å². The molecule has 0 aliphatic carbocycles. The third-order valence-electron chi connectivity index (χ3n) is 2.39. The van der Waals surface area contributed by atoms with Gasteiger partial charge in [0.25, 0.3) is 0 Å². The van der Waals surface area contributed by atoms with E-state index in [0.29, 0.717) is 5.75 Å². The number of hydrazine groups is 1. The molecular weight excluding hydrogens is 248 g/mol. The summed E-state index contributed by atoms with van der Waals surface area (Å²) in [5.74, 6) is 6.28. The minimum absolute atomic E-state index is 0.234. The van der Waals surface area contributed by atoms with Gasteiger partial charge in [0.2, 0.25) is 0 Å². The van der Waals surface area contributed by atoms with E-state index >= 15 is 0 Å². The number of furan rings is 1. The van der Waals surface area contributed by atoms with Gasteiger partial charge in [-0.15, -0.1) is 11.8 Å². The first-order chi connectivity index (χ1) is 8.69. The van der Waals surface area contributed by atoms with Crippen LogP contribution in [0.3, 0.4) is 0 Å². The SMILES string of the molecule is Cc1cccc(SCc2ccc(C(=O)NN)o2)c1. The number of nitrogen functional groups attached to an aromatic ring is 1. The number of hydrogen-bond acceptors (Lipinski definition) is 4. The summed E-state index contributed by atoms with van der Waals surface area (Å²) in [6.45, 7) is 2.06. The van der Waals surface area contributed by atoms with Gasteiger partial charge < -0.3 is 4.42 Å². The molecule has 0 bridgehead atoms. The lowest BCUT2D eigenvalue weighted by atomic mass is 10.2. The number of carbonyl (C=O) groups is 1. The molecule has 0 radical (unpaired) electrons. The van der Waals surface area contributed by atoms with Crippen LogP contribution in [0.15, 0.2) is 45.7 Å². The fourth-order valence-corrected chi connectivity index (χ4v) is 2.42. The third-order valence-corrected chi connectivity index (χ3v) is 3.40. The molecule has 0 saturated heterocycles. The third kappa shape index (κ3) is 3.15. The molecule has 3 N–H and O–H groups in total. The summed E-state index contributed by atoms with van der Waals surface area (Å²) in [4.78, 5) is 12.4. The van der Waals surface area contributed by atoms with Crippen molar-refractivity contribution in [3.05, 3.63) is 53.5 Å². The van der Waals surface area contributed by atoms with Crippen molar-refractivity contribution in [2.45, 2.75) is 17.6 Å². The Labute approximate surface area is 110 Å². The van der Waals surface area contributed by atoms with Crippen LogP contribution >= 0.6 is 11.8 Å². The summed E-state index contributed by atoms with van der Waals surface area (Å²) < 4.78 is 5.38. The maximum Gasteiger partial charge on any atom is 0.300 e. The monoisotopic (exact) mass is 262 g/mol. The van der Waals surface area contributed by atoms with Crippen molar-refractivity contribution in [3.63, 3.8) is 0 Å². The summed E-state index contributed by atoms with van der Waals surface area (Å²) in [5.41, 5.74) is 3.26. The summed E-state index contributed by atoms with van der Waals surface area (Å²) in [6, 6.07) is 11.6. The van der Waals surface area contributed by atoms with Crippen molar-refractivity contribution in [1.82, 2.24) is 5.43 Å². The molecule has 1 aromatic heterocycles. The number of nitrogens with one attached hydrogen (secondary N) is 1. The lowest BCUT2D eigenvalue weighted by Gasteiger charge is -2.00. The second-order valence-electron chi connectivity index (χ2n) is 3.84. The van der Waals surface area contributed by atoms with Gasteiger partial charge in [-0.2, -0.15) is 0 Å². The summed E-state index contributed by atoms with van der Waals surface area (Å²) >= 11 is 1.66. The molecule has 2 aromatic rings. The lowest BCUT2D eigenvalue weighted by Crippen LogP contribution is -2.29. The van der Waals surface area contributed by atoms with E-state index in [1.807, 2.05) is 17.6 Å². The molecule has 0 unspecified atom stereocenters. The molecular formula is C13H14N2O2S. The standard InChI is InChI=1S/C13H14N2O2S/c1-9-3-2-4-11(7-9)18-8-10-5-6-12(17-10)13(16)15-14/h2-7H,8,14H2,1H3,(H,15,16). The van der Waals surface area contributed by atoms with E-state index in [1.165, 1.54) is 10.5 Å². The van der Waals surface area contributed by atoms with E-state index in [9.17, 15) is 4.79 Å². The zero-order chi connectivity index (χ0) is 13.0. The molecule has 0 spiro atoms. The molecule has 0 saturated carbocycles. The van der Waals surface area contributed by atoms with Crippen LogP contribution < -0.4 is 11.3 Å². The van der Waals surface area contributed by atoms with Crippen molar-refractivity contribution < 1.29 is 9.21 Å². The van der Waals surface area contributed by atoms with E-state index < -0.39 is 5.91 Å². The number of amides is 1. The van der Waals surface area contributed by atoms with Gasteiger partial charge in [0.05, 0.1) is 5.75 Å². The minimum Gasteiger partial charge on any atom is -0.455 e. The first kappa shape index (κ1) is 12.7. The van der Waals surface area contributed by atoms with E-state index in [0.717, 1.165) is 5.76 Å². The Hall–Kier alpha value is -1.72. The average molecular weight is 262 g/mol. The summed E-state index contributed by atoms with van der Waals surface area (Å²) in [5, 5.41) is 0. The number of aryl methyl sites for hydroxylation is 1. The Morgan fingerprint density at radius 3 is 2.94 bits per heavy atom. The van der Waals surface area contributed by atoms with Crippen LogP contribution in [-0.2, 0) is 5.75 Å². The molecule has 0 aliphatic heterocycles. The highest BCUT2D eigenvalue weighted by Gasteiger charge is 2.09. The van der Waals surface area contributed by atoms with Gasteiger partial charge in [0.1, 0.15) is 5.76 Å². The highest BCUT2D eigenvalue weighted by atomic mass is 32.2. The molecule has 1 aromatic carbocycles. The van der Waals surface area contributed by atoms with Gasteiger partial charge in [-0.05, 0) is 31.2 Å². The normalized spacial score (nSPS) is 10.3. The molecule has 1 heterocycles. The average Bonchev–Trinajstić information content (AvgIpc) is 2.84. The molecule has 94 valence electrons. The highest BCUT2D eigenvalue weighted by Crippen LogP contribution is 2.24. The molecule has 4 nitrogen and oxygen atoms in total. The van der Waals surface area contributed by atoms with E-state index in [1.54, 1.807) is 23.9 Å². The number of rotatable bonds is 4. The lowest BCUT2D eigenvalue weighted by molar-refractivity contribution is 0.0924. The van der Waals surface area contributed by atoms with Gasteiger partial charge in [-0.3, -0.25) is 10.2 Å². The molecule has 18 heavy (non-hydrogen) atoms. The fraction of sp³-hybridized carbons (Fsp3) is 0.154. The van der Waals surface area contributed by atoms with Gasteiger partial charge in [-0.25, -0.2) is 5.84 Å². The van der Waals surface area contributed by atoms with E-state index in [4.69, 9.17) is 10.3 Å². The quantitative estimate of drug-likeness (QED) is 0.384. The molecule has 0 fully saturated rings. The Kier molecular flexibility index (Phi) is 4.07. The van der Waals surface area contributed by atoms with Gasteiger partial charge in [0, 0.05) is 4.90 Å². The van der Waals surface area contributed by atoms with Crippen molar-refractivity contribution in [1.29, 1.82) is 0 Å². The number of carbonyl (C=O) groups excluding carboxylic acids is 1. The topological polar surface area (TPSA) is 68.3 Å². The second kappa shape index (κ2) is 5.75. The Bertz CT molecular complexity index is 551. The predicted octanol–water partition coefficient (Wildman–Crippen LogP) is 2.48. The Morgan fingerprint density at radius 2 is 2.22 bits per heavy atom. The van der Waals surface area contributed by atoms with Crippen LogP contribution in [0, 0.1) is 6.92 Å². The van der Waals surface area contributed by atoms with Crippen LogP contribution in [0.5, 0.6) is 0 Å². The Morgan fingerprint density at radius 1 is 1.39 bits per heavy atom. The van der Waals surface area contributed by atoms with E-state index in [-0.39, 0.29) is 5.76 Å². The predicted molar refractivity (Wildman–Crippen MR) is 71.1 cm³/mol. The first-order valence-electron chi connectivity index (χ1n) is 5.48. The fourth-order valence-electron chi connectivity index (χ4n) is 1.51. The summed E-state index contributed by atoms with van der Waals surface area (Å²) in [7, 11) is 0. The van der Waals surface area contributed by atoms with Gasteiger partial charge in [-0.1, -0.05) is 17.7 Å². The number of nitrogens with two attached hydrogens (primary N) is 1. The second-order valence-corrected chi connectivity index (χ2v) is 4.89. The van der Waals surface area contributed by atoms with Gasteiger partial charge >= 0.3 is 5.91 Å². The van der Waals surface area contributed by atoms with Crippen molar-refractivity contribution >= 4 is 17.7 Å². The van der Waals surface area contributed by atoms with Crippen molar-refractivity contribution in [2.24, 2.45) is 5.84 Å². The largest absolute Gasteiger partial charge is 0.455 e. The van der Waals surface area contributed by atoms with Crippen molar-refractivity contribution in [2.75, 3.05) is 0 Å². The summed E-state index contributed by atoms with van der Waals surface area (Å²) in [6.07, 6.45) is 0. The first-order valence-corrected chi connectivity index (χ1v) is 6.47. The van der Waals surface area contributed by atoms with Crippen LogP contribution in [0.1, 0.15) is 21.9 Å².